The van der Waals surface area contributed by atoms with E-state index in [0.29, 0.717) is 12.8 Å². The Morgan fingerprint density at radius 1 is 1.38 bits per heavy atom. The molecule has 0 aliphatic heterocycles. The molecule has 4 atom stereocenters. The lowest BCUT2D eigenvalue weighted by Crippen LogP contribution is -2.46. The van der Waals surface area contributed by atoms with Crippen molar-refractivity contribution in [2.24, 2.45) is 5.92 Å². The number of carbonyl (C=O) groups is 1. The van der Waals surface area contributed by atoms with Crippen molar-refractivity contribution in [1.82, 2.24) is 4.72 Å². The maximum absolute atomic E-state index is 12.3. The standard InChI is InChI=1S/C15H21NO4S/c1-3-10(2)14(15(17)18)16-21(19,20)13-9-12(13)11-7-5-4-6-8-11/h4-8,10,12-14,16H,3,9H2,1-2H3,(H,17,18)/t10-,12?,13?,14-/m1/s1. The average Bonchev–Trinajstić information content (AvgIpc) is 3.26. The summed E-state index contributed by atoms with van der Waals surface area (Å²) in [5, 5.41) is 8.67. The molecule has 1 aromatic rings. The van der Waals surface area contributed by atoms with Crippen LogP contribution in [-0.4, -0.2) is 30.8 Å². The molecule has 0 bridgehead atoms. The molecule has 2 rings (SSSR count). The highest BCUT2D eigenvalue weighted by molar-refractivity contribution is 7.90. The second-order valence-corrected chi connectivity index (χ2v) is 7.59. The molecule has 0 saturated heterocycles. The third-order valence-electron chi connectivity index (χ3n) is 4.13. The van der Waals surface area contributed by atoms with Crippen LogP contribution < -0.4 is 4.72 Å². The highest BCUT2D eigenvalue weighted by atomic mass is 32.2. The molecular weight excluding hydrogens is 290 g/mol. The fourth-order valence-corrected chi connectivity index (χ4v) is 4.39. The van der Waals surface area contributed by atoms with Crippen molar-refractivity contribution < 1.29 is 18.3 Å². The first-order valence-corrected chi connectivity index (χ1v) is 8.70. The molecule has 0 spiro atoms. The van der Waals surface area contributed by atoms with E-state index in [1.54, 1.807) is 6.92 Å². The zero-order valence-electron chi connectivity index (χ0n) is 12.2. The zero-order valence-corrected chi connectivity index (χ0v) is 13.0. The minimum Gasteiger partial charge on any atom is -0.480 e. The Kier molecular flexibility index (Phi) is 4.68. The summed E-state index contributed by atoms with van der Waals surface area (Å²) in [6.45, 7) is 3.59. The summed E-state index contributed by atoms with van der Waals surface area (Å²) >= 11 is 0. The van der Waals surface area contributed by atoms with E-state index in [1.807, 2.05) is 37.3 Å². The van der Waals surface area contributed by atoms with Gasteiger partial charge in [0.05, 0.1) is 5.25 Å². The smallest absolute Gasteiger partial charge is 0.322 e. The second-order valence-electron chi connectivity index (χ2n) is 5.66. The maximum Gasteiger partial charge on any atom is 0.322 e. The number of hydrogen-bond donors (Lipinski definition) is 2. The molecule has 1 saturated carbocycles. The van der Waals surface area contributed by atoms with E-state index in [2.05, 4.69) is 4.72 Å². The van der Waals surface area contributed by atoms with Gasteiger partial charge in [-0.2, -0.15) is 0 Å². The molecule has 1 aliphatic carbocycles. The summed E-state index contributed by atoms with van der Waals surface area (Å²) in [5.41, 5.74) is 0.989. The van der Waals surface area contributed by atoms with Gasteiger partial charge in [-0.25, -0.2) is 13.1 Å². The predicted octanol–water partition coefficient (Wildman–Crippen LogP) is 1.96. The van der Waals surface area contributed by atoms with E-state index in [1.165, 1.54) is 0 Å². The van der Waals surface area contributed by atoms with Crippen molar-refractivity contribution in [2.45, 2.75) is 43.9 Å². The molecule has 0 amide bonds. The zero-order chi connectivity index (χ0) is 15.6. The fourth-order valence-electron chi connectivity index (χ4n) is 2.48. The number of carboxylic acids is 1. The van der Waals surface area contributed by atoms with Gasteiger partial charge in [-0.1, -0.05) is 50.6 Å². The minimum atomic E-state index is -3.61. The van der Waals surface area contributed by atoms with Gasteiger partial charge in [-0.15, -0.1) is 0 Å². The monoisotopic (exact) mass is 311 g/mol. The van der Waals surface area contributed by atoms with Gasteiger partial charge in [0.25, 0.3) is 0 Å². The molecule has 0 radical (unpaired) electrons. The molecule has 1 aromatic carbocycles. The van der Waals surface area contributed by atoms with Crippen LogP contribution in [0.5, 0.6) is 0 Å². The van der Waals surface area contributed by atoms with Crippen LogP contribution in [-0.2, 0) is 14.8 Å². The van der Waals surface area contributed by atoms with Gasteiger partial charge in [-0.3, -0.25) is 4.79 Å². The third kappa shape index (κ3) is 3.63. The van der Waals surface area contributed by atoms with Crippen LogP contribution in [0.4, 0.5) is 0 Å². The Bertz CT molecular complexity index is 599. The van der Waals surface area contributed by atoms with Crippen molar-refractivity contribution in [2.75, 3.05) is 0 Å². The van der Waals surface area contributed by atoms with E-state index >= 15 is 0 Å². The van der Waals surface area contributed by atoms with Gasteiger partial charge in [0.1, 0.15) is 6.04 Å². The molecular formula is C15H21NO4S. The molecule has 0 aromatic heterocycles. The summed E-state index contributed by atoms with van der Waals surface area (Å²) in [4.78, 5) is 11.2. The quantitative estimate of drug-likeness (QED) is 0.806. The van der Waals surface area contributed by atoms with E-state index in [4.69, 9.17) is 0 Å². The van der Waals surface area contributed by atoms with Gasteiger partial charge in [0.2, 0.25) is 10.0 Å². The molecule has 21 heavy (non-hydrogen) atoms. The normalized spacial score (nSPS) is 24.3. The van der Waals surface area contributed by atoms with Crippen LogP contribution in [0, 0.1) is 5.92 Å². The predicted molar refractivity (Wildman–Crippen MR) is 80.5 cm³/mol. The largest absolute Gasteiger partial charge is 0.480 e. The topological polar surface area (TPSA) is 83.5 Å². The summed E-state index contributed by atoms with van der Waals surface area (Å²) in [6, 6.07) is 8.40. The van der Waals surface area contributed by atoms with Crippen LogP contribution in [0.1, 0.15) is 38.2 Å². The molecule has 2 unspecified atom stereocenters. The molecule has 116 valence electrons. The van der Waals surface area contributed by atoms with Crippen molar-refractivity contribution >= 4 is 16.0 Å². The lowest BCUT2D eigenvalue weighted by molar-refractivity contribution is -0.140. The van der Waals surface area contributed by atoms with Gasteiger partial charge >= 0.3 is 5.97 Å². The van der Waals surface area contributed by atoms with Crippen molar-refractivity contribution in [1.29, 1.82) is 0 Å². The summed E-state index contributed by atoms with van der Waals surface area (Å²) in [6.07, 6.45) is 1.15. The molecule has 5 nitrogen and oxygen atoms in total. The lowest BCUT2D eigenvalue weighted by Gasteiger charge is -2.20. The average molecular weight is 311 g/mol. The van der Waals surface area contributed by atoms with E-state index < -0.39 is 27.3 Å². The van der Waals surface area contributed by atoms with Crippen LogP contribution in [0.15, 0.2) is 30.3 Å². The van der Waals surface area contributed by atoms with Crippen LogP contribution in [0.3, 0.4) is 0 Å². The van der Waals surface area contributed by atoms with Gasteiger partial charge < -0.3 is 5.11 Å². The number of benzene rings is 1. The fraction of sp³-hybridized carbons (Fsp3) is 0.533. The van der Waals surface area contributed by atoms with Crippen LogP contribution in [0.2, 0.25) is 0 Å². The Morgan fingerprint density at radius 2 is 2.00 bits per heavy atom. The number of rotatable bonds is 7. The van der Waals surface area contributed by atoms with Gasteiger partial charge in [-0.05, 0) is 17.9 Å². The highest BCUT2D eigenvalue weighted by Gasteiger charge is 2.49. The molecule has 6 heteroatoms. The Balaban J connectivity index is 2.08. The number of aliphatic carboxylic acids is 1. The first-order chi connectivity index (χ1) is 9.86. The summed E-state index contributed by atoms with van der Waals surface area (Å²) in [7, 11) is -3.61. The van der Waals surface area contributed by atoms with Gasteiger partial charge in [0, 0.05) is 5.92 Å². The number of hydrogen-bond acceptors (Lipinski definition) is 3. The number of carboxylic acid groups (broad SMARTS) is 1. The first-order valence-electron chi connectivity index (χ1n) is 7.15. The van der Waals surface area contributed by atoms with E-state index in [9.17, 15) is 18.3 Å². The lowest BCUT2D eigenvalue weighted by atomic mass is 10.0. The van der Waals surface area contributed by atoms with Crippen LogP contribution in [0.25, 0.3) is 0 Å². The van der Waals surface area contributed by atoms with Gasteiger partial charge in [0.15, 0.2) is 0 Å². The summed E-state index contributed by atoms with van der Waals surface area (Å²) < 4.78 is 27.1. The number of nitrogens with one attached hydrogen (secondary N) is 1. The summed E-state index contributed by atoms with van der Waals surface area (Å²) in [5.74, 6) is -1.40. The molecule has 2 N–H and O–H groups in total. The van der Waals surface area contributed by atoms with Crippen LogP contribution >= 0.6 is 0 Å². The SMILES string of the molecule is CC[C@@H](C)[C@@H](NS(=O)(=O)C1CC1c1ccccc1)C(=O)O. The second kappa shape index (κ2) is 6.15. The highest BCUT2D eigenvalue weighted by Crippen LogP contribution is 2.45. The molecule has 1 fully saturated rings. The first kappa shape index (κ1) is 16.0. The molecule has 0 heterocycles. The van der Waals surface area contributed by atoms with Crippen molar-refractivity contribution in [3.8, 4) is 0 Å². The van der Waals surface area contributed by atoms with Crippen molar-refractivity contribution in [3.63, 3.8) is 0 Å². The van der Waals surface area contributed by atoms with E-state index in [-0.39, 0.29) is 11.8 Å². The minimum absolute atomic E-state index is 0.0323. The Morgan fingerprint density at radius 3 is 2.52 bits per heavy atom. The third-order valence-corrected chi connectivity index (χ3v) is 6.03. The number of sulfonamides is 1. The molecule has 1 aliphatic rings. The Labute approximate surface area is 125 Å². The Hall–Kier alpha value is -1.40. The maximum atomic E-state index is 12.3. The van der Waals surface area contributed by atoms with Crippen molar-refractivity contribution in [3.05, 3.63) is 35.9 Å². The van der Waals surface area contributed by atoms with E-state index in [0.717, 1.165) is 5.56 Å².